The molecule has 0 saturated heterocycles. The number of hydrogen-bond donors (Lipinski definition) is 1. The van der Waals surface area contributed by atoms with Crippen molar-refractivity contribution in [3.8, 4) is 0 Å². The lowest BCUT2D eigenvalue weighted by molar-refractivity contribution is -0.116. The lowest BCUT2D eigenvalue weighted by Gasteiger charge is -2.22. The van der Waals surface area contributed by atoms with Crippen LogP contribution in [0.3, 0.4) is 0 Å². The van der Waals surface area contributed by atoms with Gasteiger partial charge < -0.3 is 10.2 Å². The SMILES string of the molecule is CCN(CCC(=O)Nc1ccccc1)c1ccccc1. The number of para-hydroxylation sites is 2. The zero-order valence-electron chi connectivity index (χ0n) is 11.8. The summed E-state index contributed by atoms with van der Waals surface area (Å²) in [4.78, 5) is 14.1. The highest BCUT2D eigenvalue weighted by Gasteiger charge is 2.07. The average Bonchev–Trinajstić information content (AvgIpc) is 2.50. The third-order valence-corrected chi connectivity index (χ3v) is 3.17. The number of hydrogen-bond acceptors (Lipinski definition) is 2. The predicted octanol–water partition coefficient (Wildman–Crippen LogP) is 3.54. The van der Waals surface area contributed by atoms with Gasteiger partial charge in [-0.1, -0.05) is 36.4 Å². The van der Waals surface area contributed by atoms with E-state index in [1.54, 1.807) is 0 Å². The van der Waals surface area contributed by atoms with Gasteiger partial charge in [0, 0.05) is 30.9 Å². The van der Waals surface area contributed by atoms with Gasteiger partial charge in [-0.3, -0.25) is 4.79 Å². The van der Waals surface area contributed by atoms with E-state index in [0.717, 1.165) is 24.5 Å². The maximum Gasteiger partial charge on any atom is 0.226 e. The Bertz CT molecular complexity index is 525. The van der Waals surface area contributed by atoms with E-state index in [9.17, 15) is 4.79 Å². The van der Waals surface area contributed by atoms with Crippen molar-refractivity contribution < 1.29 is 4.79 Å². The fourth-order valence-electron chi connectivity index (χ4n) is 2.09. The van der Waals surface area contributed by atoms with Crippen molar-refractivity contribution in [3.63, 3.8) is 0 Å². The molecule has 2 aromatic carbocycles. The Hall–Kier alpha value is -2.29. The van der Waals surface area contributed by atoms with E-state index in [1.807, 2.05) is 48.5 Å². The van der Waals surface area contributed by atoms with Crippen LogP contribution in [0.15, 0.2) is 60.7 Å². The Balaban J connectivity index is 1.86. The van der Waals surface area contributed by atoms with Gasteiger partial charge in [-0.15, -0.1) is 0 Å². The number of carbonyl (C=O) groups excluding carboxylic acids is 1. The summed E-state index contributed by atoms with van der Waals surface area (Å²) in [7, 11) is 0. The normalized spacial score (nSPS) is 10.1. The molecule has 3 nitrogen and oxygen atoms in total. The number of anilines is 2. The molecule has 1 N–H and O–H groups in total. The second-order valence-electron chi connectivity index (χ2n) is 4.58. The maximum absolute atomic E-state index is 11.9. The van der Waals surface area contributed by atoms with Crippen LogP contribution in [0.4, 0.5) is 11.4 Å². The Morgan fingerprint density at radius 2 is 1.60 bits per heavy atom. The van der Waals surface area contributed by atoms with Crippen molar-refractivity contribution in [3.05, 3.63) is 60.7 Å². The van der Waals surface area contributed by atoms with Crippen LogP contribution in [-0.4, -0.2) is 19.0 Å². The van der Waals surface area contributed by atoms with Crippen molar-refractivity contribution in [1.29, 1.82) is 0 Å². The Morgan fingerprint density at radius 1 is 1.00 bits per heavy atom. The van der Waals surface area contributed by atoms with Crippen molar-refractivity contribution in [1.82, 2.24) is 0 Å². The van der Waals surface area contributed by atoms with Gasteiger partial charge in [-0.2, -0.15) is 0 Å². The molecule has 2 rings (SSSR count). The largest absolute Gasteiger partial charge is 0.371 e. The van der Waals surface area contributed by atoms with Crippen LogP contribution < -0.4 is 10.2 Å². The number of nitrogens with one attached hydrogen (secondary N) is 1. The average molecular weight is 268 g/mol. The lowest BCUT2D eigenvalue weighted by atomic mass is 10.2. The fraction of sp³-hybridized carbons (Fsp3) is 0.235. The van der Waals surface area contributed by atoms with Crippen LogP contribution in [-0.2, 0) is 4.79 Å². The highest BCUT2D eigenvalue weighted by molar-refractivity contribution is 5.90. The van der Waals surface area contributed by atoms with Crippen LogP contribution in [0.1, 0.15) is 13.3 Å². The summed E-state index contributed by atoms with van der Waals surface area (Å²) >= 11 is 0. The van der Waals surface area contributed by atoms with E-state index in [0.29, 0.717) is 6.42 Å². The molecule has 0 atom stereocenters. The highest BCUT2D eigenvalue weighted by atomic mass is 16.1. The molecule has 3 heteroatoms. The minimum absolute atomic E-state index is 0.0468. The molecule has 0 aliphatic heterocycles. The third-order valence-electron chi connectivity index (χ3n) is 3.17. The summed E-state index contributed by atoms with van der Waals surface area (Å²) in [5, 5.41) is 2.91. The van der Waals surface area contributed by atoms with Gasteiger partial charge in [0.25, 0.3) is 0 Å². The van der Waals surface area contributed by atoms with Gasteiger partial charge in [0.2, 0.25) is 5.91 Å². The van der Waals surface area contributed by atoms with E-state index in [2.05, 4.69) is 29.3 Å². The first-order valence-corrected chi connectivity index (χ1v) is 6.94. The van der Waals surface area contributed by atoms with Crippen LogP contribution in [0, 0.1) is 0 Å². The van der Waals surface area contributed by atoms with Crippen molar-refractivity contribution in [2.75, 3.05) is 23.3 Å². The second kappa shape index (κ2) is 7.34. The van der Waals surface area contributed by atoms with E-state index in [4.69, 9.17) is 0 Å². The molecule has 0 aromatic heterocycles. The van der Waals surface area contributed by atoms with Gasteiger partial charge in [0.15, 0.2) is 0 Å². The summed E-state index contributed by atoms with van der Waals surface area (Å²) in [6, 6.07) is 19.7. The summed E-state index contributed by atoms with van der Waals surface area (Å²) in [6.07, 6.45) is 0.484. The van der Waals surface area contributed by atoms with E-state index >= 15 is 0 Å². The Morgan fingerprint density at radius 3 is 2.20 bits per heavy atom. The molecular formula is C17H20N2O. The number of rotatable bonds is 6. The van der Waals surface area contributed by atoms with Crippen molar-refractivity contribution in [2.45, 2.75) is 13.3 Å². The molecule has 0 fully saturated rings. The first-order chi connectivity index (χ1) is 9.79. The van der Waals surface area contributed by atoms with Gasteiger partial charge in [-0.25, -0.2) is 0 Å². The summed E-state index contributed by atoms with van der Waals surface area (Å²) in [5.74, 6) is 0.0468. The molecule has 0 aliphatic carbocycles. The van der Waals surface area contributed by atoms with E-state index < -0.39 is 0 Å². The topological polar surface area (TPSA) is 32.3 Å². The quantitative estimate of drug-likeness (QED) is 0.869. The van der Waals surface area contributed by atoms with Crippen LogP contribution in [0.5, 0.6) is 0 Å². The smallest absolute Gasteiger partial charge is 0.226 e. The van der Waals surface area contributed by atoms with Gasteiger partial charge in [0.1, 0.15) is 0 Å². The molecule has 2 aromatic rings. The van der Waals surface area contributed by atoms with Crippen LogP contribution in [0.2, 0.25) is 0 Å². The molecule has 0 saturated carbocycles. The highest BCUT2D eigenvalue weighted by Crippen LogP contribution is 2.13. The zero-order chi connectivity index (χ0) is 14.2. The zero-order valence-corrected chi connectivity index (χ0v) is 11.8. The molecule has 0 heterocycles. The molecule has 1 amide bonds. The minimum Gasteiger partial charge on any atom is -0.371 e. The second-order valence-corrected chi connectivity index (χ2v) is 4.58. The molecule has 0 aliphatic rings. The molecular weight excluding hydrogens is 248 g/mol. The summed E-state index contributed by atoms with van der Waals surface area (Å²) in [6.45, 7) is 3.71. The third kappa shape index (κ3) is 4.12. The summed E-state index contributed by atoms with van der Waals surface area (Å²) < 4.78 is 0. The number of amides is 1. The van der Waals surface area contributed by atoms with Crippen LogP contribution >= 0.6 is 0 Å². The minimum atomic E-state index is 0.0468. The number of carbonyl (C=O) groups is 1. The number of nitrogens with zero attached hydrogens (tertiary/aromatic N) is 1. The molecule has 20 heavy (non-hydrogen) atoms. The fourth-order valence-corrected chi connectivity index (χ4v) is 2.09. The first kappa shape index (κ1) is 14.1. The maximum atomic E-state index is 11.9. The molecule has 0 unspecified atom stereocenters. The monoisotopic (exact) mass is 268 g/mol. The predicted molar refractivity (Wildman–Crippen MR) is 84.0 cm³/mol. The van der Waals surface area contributed by atoms with Gasteiger partial charge in [0.05, 0.1) is 0 Å². The van der Waals surface area contributed by atoms with E-state index in [-0.39, 0.29) is 5.91 Å². The standard InChI is InChI=1S/C17H20N2O/c1-2-19(16-11-7-4-8-12-16)14-13-17(20)18-15-9-5-3-6-10-15/h3-12H,2,13-14H2,1H3,(H,18,20). The van der Waals surface area contributed by atoms with E-state index in [1.165, 1.54) is 0 Å². The molecule has 0 spiro atoms. The lowest BCUT2D eigenvalue weighted by Crippen LogP contribution is -2.27. The molecule has 104 valence electrons. The van der Waals surface area contributed by atoms with Crippen molar-refractivity contribution >= 4 is 17.3 Å². The van der Waals surface area contributed by atoms with Gasteiger partial charge in [-0.05, 0) is 31.2 Å². The molecule has 0 bridgehead atoms. The summed E-state index contributed by atoms with van der Waals surface area (Å²) in [5.41, 5.74) is 2.00. The first-order valence-electron chi connectivity index (χ1n) is 6.94. The Labute approximate surface area is 120 Å². The molecule has 0 radical (unpaired) electrons. The number of benzene rings is 2. The van der Waals surface area contributed by atoms with Crippen molar-refractivity contribution in [2.24, 2.45) is 0 Å². The van der Waals surface area contributed by atoms with Gasteiger partial charge >= 0.3 is 0 Å². The van der Waals surface area contributed by atoms with Crippen LogP contribution in [0.25, 0.3) is 0 Å². The Kier molecular flexibility index (Phi) is 5.18.